The van der Waals surface area contributed by atoms with Crippen molar-refractivity contribution in [3.8, 4) is 0 Å². The average Bonchev–Trinajstić information content (AvgIpc) is 2.53. The van der Waals surface area contributed by atoms with Gasteiger partial charge in [0.25, 0.3) is 0 Å². The monoisotopic (exact) mass is 200 g/mol. The number of thioether (sulfide) groups is 1. The molecule has 1 unspecified atom stereocenters. The third-order valence-electron chi connectivity index (χ3n) is 2.76. The SMILES string of the molecule is CC1Cc2cc3ccccc3cc2S1. The fourth-order valence-corrected chi connectivity index (χ4v) is 3.29. The Kier molecular flexibility index (Phi) is 1.81. The smallest absolute Gasteiger partial charge is 0.0114 e. The molecule has 0 fully saturated rings. The summed E-state index contributed by atoms with van der Waals surface area (Å²) in [6.07, 6.45) is 1.23. The van der Waals surface area contributed by atoms with Crippen molar-refractivity contribution in [2.75, 3.05) is 0 Å². The van der Waals surface area contributed by atoms with Gasteiger partial charge >= 0.3 is 0 Å². The van der Waals surface area contributed by atoms with Gasteiger partial charge < -0.3 is 0 Å². The van der Waals surface area contributed by atoms with Gasteiger partial charge in [0.1, 0.15) is 0 Å². The molecule has 0 radical (unpaired) electrons. The molecule has 3 rings (SSSR count). The molecule has 0 amide bonds. The summed E-state index contributed by atoms with van der Waals surface area (Å²) in [5.74, 6) is 0. The van der Waals surface area contributed by atoms with Gasteiger partial charge in [-0.2, -0.15) is 0 Å². The van der Waals surface area contributed by atoms with Crippen LogP contribution in [0, 0.1) is 0 Å². The second kappa shape index (κ2) is 3.03. The molecule has 70 valence electrons. The second-order valence-corrected chi connectivity index (χ2v) is 5.42. The first-order valence-electron chi connectivity index (χ1n) is 5.01. The van der Waals surface area contributed by atoms with Gasteiger partial charge in [-0.15, -0.1) is 11.8 Å². The van der Waals surface area contributed by atoms with Crippen molar-refractivity contribution in [3.05, 3.63) is 42.0 Å². The lowest BCUT2D eigenvalue weighted by molar-refractivity contribution is 0.962. The number of hydrogen-bond acceptors (Lipinski definition) is 1. The summed E-state index contributed by atoms with van der Waals surface area (Å²) in [7, 11) is 0. The van der Waals surface area contributed by atoms with Crippen LogP contribution >= 0.6 is 11.8 Å². The van der Waals surface area contributed by atoms with Gasteiger partial charge in [0, 0.05) is 10.1 Å². The van der Waals surface area contributed by atoms with Crippen molar-refractivity contribution in [2.45, 2.75) is 23.5 Å². The summed E-state index contributed by atoms with van der Waals surface area (Å²) in [4.78, 5) is 1.48. The largest absolute Gasteiger partial charge is 0.122 e. The highest BCUT2D eigenvalue weighted by Gasteiger charge is 2.18. The maximum atomic E-state index is 2.35. The second-order valence-electron chi connectivity index (χ2n) is 3.94. The average molecular weight is 200 g/mol. The lowest BCUT2D eigenvalue weighted by Gasteiger charge is -2.01. The molecule has 0 saturated heterocycles. The van der Waals surface area contributed by atoms with E-state index in [2.05, 4.69) is 43.3 Å². The maximum absolute atomic E-state index is 2.35. The first kappa shape index (κ1) is 8.37. The van der Waals surface area contributed by atoms with Crippen molar-refractivity contribution in [1.82, 2.24) is 0 Å². The molecule has 1 atom stereocenters. The van der Waals surface area contributed by atoms with Crippen LogP contribution in [0.2, 0.25) is 0 Å². The van der Waals surface area contributed by atoms with Crippen molar-refractivity contribution < 1.29 is 0 Å². The van der Waals surface area contributed by atoms with Crippen LogP contribution < -0.4 is 0 Å². The fourth-order valence-electron chi connectivity index (χ4n) is 2.10. The Morgan fingerprint density at radius 2 is 1.86 bits per heavy atom. The van der Waals surface area contributed by atoms with Crippen LogP contribution in [-0.2, 0) is 6.42 Å². The van der Waals surface area contributed by atoms with Crippen LogP contribution in [0.3, 0.4) is 0 Å². The van der Waals surface area contributed by atoms with E-state index < -0.39 is 0 Å². The third kappa shape index (κ3) is 1.24. The predicted octanol–water partition coefficient (Wildman–Crippen LogP) is 3.88. The van der Waals surface area contributed by atoms with Crippen LogP contribution in [0.4, 0.5) is 0 Å². The van der Waals surface area contributed by atoms with Crippen LogP contribution in [0.15, 0.2) is 41.3 Å². The van der Waals surface area contributed by atoms with Gasteiger partial charge in [-0.1, -0.05) is 37.3 Å². The van der Waals surface area contributed by atoms with E-state index in [0.29, 0.717) is 0 Å². The number of benzene rings is 2. The topological polar surface area (TPSA) is 0 Å². The Morgan fingerprint density at radius 3 is 2.64 bits per heavy atom. The van der Waals surface area contributed by atoms with Crippen molar-refractivity contribution in [3.63, 3.8) is 0 Å². The van der Waals surface area contributed by atoms with E-state index in [1.165, 1.54) is 27.7 Å². The van der Waals surface area contributed by atoms with Crippen LogP contribution in [0.5, 0.6) is 0 Å². The van der Waals surface area contributed by atoms with E-state index in [1.54, 1.807) is 0 Å². The zero-order valence-electron chi connectivity index (χ0n) is 8.16. The first-order chi connectivity index (χ1) is 6.83. The lowest BCUT2D eigenvalue weighted by atomic mass is 10.0. The molecule has 1 aliphatic rings. The molecular formula is C13H12S. The van der Waals surface area contributed by atoms with Gasteiger partial charge in [-0.3, -0.25) is 0 Å². The van der Waals surface area contributed by atoms with Gasteiger partial charge in [-0.25, -0.2) is 0 Å². The van der Waals surface area contributed by atoms with E-state index >= 15 is 0 Å². The third-order valence-corrected chi connectivity index (χ3v) is 3.97. The van der Waals surface area contributed by atoms with E-state index in [9.17, 15) is 0 Å². The van der Waals surface area contributed by atoms with Gasteiger partial charge in [0.2, 0.25) is 0 Å². The summed E-state index contributed by atoms with van der Waals surface area (Å²) < 4.78 is 0. The van der Waals surface area contributed by atoms with Crippen LogP contribution in [0.1, 0.15) is 12.5 Å². The molecule has 1 heterocycles. The molecule has 0 nitrogen and oxygen atoms in total. The molecule has 0 aliphatic carbocycles. The molecule has 14 heavy (non-hydrogen) atoms. The molecule has 2 aromatic rings. The van der Waals surface area contributed by atoms with Crippen molar-refractivity contribution >= 4 is 22.5 Å². The highest BCUT2D eigenvalue weighted by Crippen LogP contribution is 2.38. The Bertz CT molecular complexity index is 443. The molecule has 0 N–H and O–H groups in total. The molecule has 2 aromatic carbocycles. The van der Waals surface area contributed by atoms with Crippen LogP contribution in [0.25, 0.3) is 10.8 Å². The fraction of sp³-hybridized carbons (Fsp3) is 0.231. The maximum Gasteiger partial charge on any atom is 0.0114 e. The highest BCUT2D eigenvalue weighted by atomic mass is 32.2. The van der Waals surface area contributed by atoms with E-state index in [1.807, 2.05) is 11.8 Å². The quantitative estimate of drug-likeness (QED) is 0.622. The zero-order valence-corrected chi connectivity index (χ0v) is 8.97. The minimum absolute atomic E-state index is 0.752. The molecule has 0 spiro atoms. The summed E-state index contributed by atoms with van der Waals surface area (Å²) in [5.41, 5.74) is 1.53. The normalized spacial score (nSPS) is 19.9. The van der Waals surface area contributed by atoms with Gasteiger partial charge in [0.05, 0.1) is 0 Å². The Morgan fingerprint density at radius 1 is 1.14 bits per heavy atom. The Balaban J connectivity index is 2.27. The minimum Gasteiger partial charge on any atom is -0.122 e. The Hall–Kier alpha value is -0.950. The molecule has 1 heteroatoms. The van der Waals surface area contributed by atoms with Gasteiger partial charge in [-0.05, 0) is 28.8 Å². The standard InChI is InChI=1S/C13H12S/c1-9-6-12-7-10-4-2-3-5-11(10)8-13(12)14-9/h2-5,7-9H,6H2,1H3. The van der Waals surface area contributed by atoms with Crippen LogP contribution in [-0.4, -0.2) is 5.25 Å². The number of fused-ring (bicyclic) bond motifs is 2. The molecular weight excluding hydrogens is 188 g/mol. The summed E-state index contributed by atoms with van der Waals surface area (Å²) in [5, 5.41) is 3.50. The summed E-state index contributed by atoms with van der Waals surface area (Å²) >= 11 is 2.01. The number of hydrogen-bond donors (Lipinski definition) is 0. The van der Waals surface area contributed by atoms with Crippen molar-refractivity contribution in [1.29, 1.82) is 0 Å². The molecule has 0 saturated carbocycles. The Labute approximate surface area is 88.3 Å². The summed E-state index contributed by atoms with van der Waals surface area (Å²) in [6.45, 7) is 2.30. The predicted molar refractivity (Wildman–Crippen MR) is 63.0 cm³/mol. The number of rotatable bonds is 0. The molecule has 0 aromatic heterocycles. The molecule has 1 aliphatic heterocycles. The van der Waals surface area contributed by atoms with Gasteiger partial charge in [0.15, 0.2) is 0 Å². The minimum atomic E-state index is 0.752. The lowest BCUT2D eigenvalue weighted by Crippen LogP contribution is -1.90. The summed E-state index contributed by atoms with van der Waals surface area (Å²) in [6, 6.07) is 13.3. The first-order valence-corrected chi connectivity index (χ1v) is 5.89. The molecule has 0 bridgehead atoms. The van der Waals surface area contributed by atoms with E-state index in [4.69, 9.17) is 0 Å². The highest BCUT2D eigenvalue weighted by molar-refractivity contribution is 8.00. The van der Waals surface area contributed by atoms with E-state index in [-0.39, 0.29) is 0 Å². The van der Waals surface area contributed by atoms with E-state index in [0.717, 1.165) is 5.25 Å². The zero-order chi connectivity index (χ0) is 9.54. The van der Waals surface area contributed by atoms with Crippen molar-refractivity contribution in [2.24, 2.45) is 0 Å².